The van der Waals surface area contributed by atoms with Gasteiger partial charge in [0.15, 0.2) is 0 Å². The van der Waals surface area contributed by atoms with Crippen molar-refractivity contribution in [2.24, 2.45) is 0 Å². The molecule has 6 heteroatoms. The van der Waals surface area contributed by atoms with Crippen molar-refractivity contribution in [1.82, 2.24) is 9.78 Å². The minimum absolute atomic E-state index is 0.418. The van der Waals surface area contributed by atoms with Crippen molar-refractivity contribution in [2.75, 3.05) is 7.11 Å². The molecule has 0 spiro atoms. The lowest BCUT2D eigenvalue weighted by atomic mass is 10.0. The third kappa shape index (κ3) is 4.49. The molecule has 1 aromatic heterocycles. The normalized spacial score (nSPS) is 11.2. The lowest BCUT2D eigenvalue weighted by molar-refractivity contribution is 0.415. The summed E-state index contributed by atoms with van der Waals surface area (Å²) in [5.74, 6) is 0.758. The van der Waals surface area contributed by atoms with E-state index in [4.69, 9.17) is 33.0 Å². The molecule has 31 heavy (non-hydrogen) atoms. The van der Waals surface area contributed by atoms with Gasteiger partial charge in [0.1, 0.15) is 5.75 Å². The van der Waals surface area contributed by atoms with Crippen molar-refractivity contribution in [1.29, 1.82) is 5.26 Å². The molecule has 0 saturated carbocycles. The average molecular weight is 446 g/mol. The fraction of sp³-hybridized carbons (Fsp3) is 0.0400. The summed E-state index contributed by atoms with van der Waals surface area (Å²) in [7, 11) is 1.63. The summed E-state index contributed by atoms with van der Waals surface area (Å²) in [6.45, 7) is 0. The summed E-state index contributed by atoms with van der Waals surface area (Å²) in [6.07, 6.45) is 3.69. The van der Waals surface area contributed by atoms with Crippen molar-refractivity contribution in [2.45, 2.75) is 0 Å². The second-order valence-corrected chi connectivity index (χ2v) is 7.58. The Labute approximate surface area is 190 Å². The highest BCUT2D eigenvalue weighted by Gasteiger charge is 2.14. The minimum atomic E-state index is 0.418. The van der Waals surface area contributed by atoms with Gasteiger partial charge in [-0.25, -0.2) is 4.68 Å². The number of hydrogen-bond acceptors (Lipinski definition) is 3. The van der Waals surface area contributed by atoms with Gasteiger partial charge in [0, 0.05) is 27.9 Å². The Hall–Kier alpha value is -3.52. The fourth-order valence-corrected chi connectivity index (χ4v) is 3.72. The van der Waals surface area contributed by atoms with Gasteiger partial charge >= 0.3 is 0 Å². The van der Waals surface area contributed by atoms with Crippen LogP contribution in [0.4, 0.5) is 0 Å². The number of allylic oxidation sites excluding steroid dienone is 1. The van der Waals surface area contributed by atoms with Crippen LogP contribution in [0.15, 0.2) is 79.0 Å². The van der Waals surface area contributed by atoms with Crippen LogP contribution in [-0.2, 0) is 0 Å². The van der Waals surface area contributed by atoms with E-state index in [1.165, 1.54) is 0 Å². The van der Waals surface area contributed by atoms with Gasteiger partial charge in [-0.15, -0.1) is 0 Å². The van der Waals surface area contributed by atoms with Crippen molar-refractivity contribution in [3.8, 4) is 28.8 Å². The topological polar surface area (TPSA) is 50.8 Å². The summed E-state index contributed by atoms with van der Waals surface area (Å²) in [5, 5.41) is 15.6. The number of rotatable bonds is 5. The zero-order valence-electron chi connectivity index (χ0n) is 16.6. The number of para-hydroxylation sites is 1. The Morgan fingerprint density at radius 3 is 2.42 bits per heavy atom. The predicted octanol–water partition coefficient (Wildman–Crippen LogP) is 6.92. The molecule has 0 aliphatic carbocycles. The number of halogens is 2. The van der Waals surface area contributed by atoms with Crippen LogP contribution < -0.4 is 4.74 Å². The predicted molar refractivity (Wildman–Crippen MR) is 125 cm³/mol. The zero-order valence-corrected chi connectivity index (χ0v) is 18.1. The van der Waals surface area contributed by atoms with Crippen molar-refractivity contribution < 1.29 is 4.74 Å². The Morgan fingerprint density at radius 2 is 1.77 bits per heavy atom. The monoisotopic (exact) mass is 445 g/mol. The van der Waals surface area contributed by atoms with E-state index in [1.807, 2.05) is 60.8 Å². The average Bonchev–Trinajstić information content (AvgIpc) is 3.22. The first-order valence-electron chi connectivity index (χ1n) is 9.46. The van der Waals surface area contributed by atoms with Crippen LogP contribution in [0.5, 0.6) is 5.75 Å². The summed E-state index contributed by atoms with van der Waals surface area (Å²) < 4.78 is 7.06. The molecule has 0 saturated heterocycles. The quantitative estimate of drug-likeness (QED) is 0.313. The molecule has 0 unspecified atom stereocenters. The largest absolute Gasteiger partial charge is 0.497 e. The molecule has 3 aromatic carbocycles. The molecule has 0 bridgehead atoms. The summed E-state index contributed by atoms with van der Waals surface area (Å²) in [5.41, 5.74) is 4.38. The van der Waals surface area contributed by atoms with Crippen molar-refractivity contribution in [3.05, 3.63) is 100 Å². The Balaban J connectivity index is 1.87. The third-order valence-corrected chi connectivity index (χ3v) is 5.32. The van der Waals surface area contributed by atoms with Crippen LogP contribution in [0.3, 0.4) is 0 Å². The van der Waals surface area contributed by atoms with E-state index in [1.54, 1.807) is 36.1 Å². The number of ether oxygens (including phenoxy) is 1. The smallest absolute Gasteiger partial charge is 0.118 e. The van der Waals surface area contributed by atoms with E-state index in [-0.39, 0.29) is 0 Å². The van der Waals surface area contributed by atoms with Crippen LogP contribution >= 0.6 is 23.2 Å². The highest BCUT2D eigenvalue weighted by Crippen LogP contribution is 2.32. The molecule has 0 radical (unpaired) electrons. The van der Waals surface area contributed by atoms with Crippen LogP contribution in [0.1, 0.15) is 11.1 Å². The minimum Gasteiger partial charge on any atom is -0.497 e. The van der Waals surface area contributed by atoms with Gasteiger partial charge in [-0.3, -0.25) is 0 Å². The summed E-state index contributed by atoms with van der Waals surface area (Å²) in [4.78, 5) is 0. The number of benzene rings is 3. The number of aromatic nitrogens is 2. The molecular formula is C25H17Cl2N3O. The molecule has 0 N–H and O–H groups in total. The number of hydrogen-bond donors (Lipinski definition) is 0. The van der Waals surface area contributed by atoms with Crippen LogP contribution in [0, 0.1) is 11.3 Å². The van der Waals surface area contributed by atoms with Gasteiger partial charge in [0.25, 0.3) is 0 Å². The van der Waals surface area contributed by atoms with E-state index < -0.39 is 0 Å². The van der Waals surface area contributed by atoms with Crippen LogP contribution in [0.25, 0.3) is 28.6 Å². The maximum Gasteiger partial charge on any atom is 0.118 e. The zero-order chi connectivity index (χ0) is 21.8. The molecule has 0 aliphatic rings. The SMILES string of the molecule is COc1ccc(-c2nn(-c3ccccc3)cc2/C=C(\C#N)c2ccc(Cl)cc2Cl)cc1. The summed E-state index contributed by atoms with van der Waals surface area (Å²) >= 11 is 12.4. The molecule has 0 atom stereocenters. The molecule has 4 aromatic rings. The first kappa shape index (κ1) is 20.7. The van der Waals surface area contributed by atoms with Crippen molar-refractivity contribution >= 4 is 34.9 Å². The van der Waals surface area contributed by atoms with E-state index in [0.29, 0.717) is 21.2 Å². The third-order valence-electron chi connectivity index (χ3n) is 4.77. The standard InChI is InChI=1S/C25H17Cl2N3O/c1-31-22-10-7-17(8-11-22)25-19(16-30(29-25)21-5-3-2-4-6-21)13-18(15-28)23-12-9-20(26)14-24(23)27/h2-14,16H,1H3/b18-13+. The molecule has 0 fully saturated rings. The van der Waals surface area contributed by atoms with E-state index in [0.717, 1.165) is 28.3 Å². The molecule has 4 rings (SSSR count). The molecule has 0 amide bonds. The highest BCUT2D eigenvalue weighted by atomic mass is 35.5. The Kier molecular flexibility index (Phi) is 6.08. The number of nitriles is 1. The van der Waals surface area contributed by atoms with Gasteiger partial charge < -0.3 is 4.74 Å². The number of nitrogens with zero attached hydrogens (tertiary/aromatic N) is 3. The van der Waals surface area contributed by atoms with E-state index in [2.05, 4.69) is 6.07 Å². The van der Waals surface area contributed by atoms with Crippen LogP contribution in [-0.4, -0.2) is 16.9 Å². The van der Waals surface area contributed by atoms with Gasteiger partial charge in [-0.1, -0.05) is 47.5 Å². The van der Waals surface area contributed by atoms with Gasteiger partial charge in [0.2, 0.25) is 0 Å². The van der Waals surface area contributed by atoms with Gasteiger partial charge in [-0.2, -0.15) is 10.4 Å². The molecular weight excluding hydrogens is 429 g/mol. The molecule has 0 aliphatic heterocycles. The second-order valence-electron chi connectivity index (χ2n) is 6.74. The molecule has 1 heterocycles. The first-order chi connectivity index (χ1) is 15.1. The van der Waals surface area contributed by atoms with Crippen molar-refractivity contribution in [3.63, 3.8) is 0 Å². The maximum absolute atomic E-state index is 9.83. The second kappa shape index (κ2) is 9.09. The lowest BCUT2D eigenvalue weighted by Gasteiger charge is -2.05. The number of methoxy groups -OCH3 is 1. The fourth-order valence-electron chi connectivity index (χ4n) is 3.21. The summed E-state index contributed by atoms with van der Waals surface area (Å²) in [6, 6.07) is 24.8. The lowest BCUT2D eigenvalue weighted by Crippen LogP contribution is -1.94. The van der Waals surface area contributed by atoms with E-state index in [9.17, 15) is 5.26 Å². The Bertz CT molecular complexity index is 1290. The van der Waals surface area contributed by atoms with Gasteiger partial charge in [0.05, 0.1) is 35.2 Å². The molecule has 4 nitrogen and oxygen atoms in total. The Morgan fingerprint density at radius 1 is 1.03 bits per heavy atom. The molecule has 152 valence electrons. The van der Waals surface area contributed by atoms with E-state index >= 15 is 0 Å². The van der Waals surface area contributed by atoms with Gasteiger partial charge in [-0.05, 0) is 54.6 Å². The van der Waals surface area contributed by atoms with Crippen LogP contribution in [0.2, 0.25) is 10.0 Å². The maximum atomic E-state index is 9.83. The highest BCUT2D eigenvalue weighted by molar-refractivity contribution is 6.36. The first-order valence-corrected chi connectivity index (χ1v) is 10.2.